The van der Waals surface area contributed by atoms with Crippen LogP contribution in [0.15, 0.2) is 11.6 Å². The second-order valence-corrected chi connectivity index (χ2v) is 5.45. The molecular formula is C12H18F2N4S. The Bertz CT molecular complexity index is 537. The molecule has 2 rings (SSSR count). The van der Waals surface area contributed by atoms with Crippen molar-refractivity contribution in [2.45, 2.75) is 32.2 Å². The van der Waals surface area contributed by atoms with E-state index in [-0.39, 0.29) is 12.6 Å². The minimum atomic E-state index is -2.38. The Kier molecular flexibility index (Phi) is 4.36. The summed E-state index contributed by atoms with van der Waals surface area (Å²) < 4.78 is 27.0. The van der Waals surface area contributed by atoms with Gasteiger partial charge in [-0.25, -0.2) is 13.8 Å². The summed E-state index contributed by atoms with van der Waals surface area (Å²) in [5, 5.41) is 1.93. The third kappa shape index (κ3) is 3.03. The van der Waals surface area contributed by atoms with Crippen LogP contribution in [0.5, 0.6) is 0 Å². The molecule has 0 bridgehead atoms. The second kappa shape index (κ2) is 5.83. The van der Waals surface area contributed by atoms with E-state index in [1.807, 2.05) is 22.9 Å². The Morgan fingerprint density at radius 2 is 2.26 bits per heavy atom. The smallest absolute Gasteiger partial charge is 0.255 e. The minimum Gasteiger partial charge on any atom is -0.352 e. The first kappa shape index (κ1) is 14.2. The Labute approximate surface area is 114 Å². The molecule has 4 nitrogen and oxygen atoms in total. The van der Waals surface area contributed by atoms with E-state index in [1.54, 1.807) is 7.05 Å². The number of aromatic nitrogens is 2. The molecule has 0 fully saturated rings. The van der Waals surface area contributed by atoms with Gasteiger partial charge < -0.3 is 10.6 Å². The van der Waals surface area contributed by atoms with Crippen LogP contribution in [-0.4, -0.2) is 35.4 Å². The molecular weight excluding hydrogens is 270 g/mol. The third-order valence-corrected chi connectivity index (χ3v) is 3.85. The van der Waals surface area contributed by atoms with Gasteiger partial charge in [0, 0.05) is 31.1 Å². The molecule has 0 aromatic carbocycles. The summed E-state index contributed by atoms with van der Waals surface area (Å²) in [6.07, 6.45) is 1.01. The molecule has 0 saturated carbocycles. The highest BCUT2D eigenvalue weighted by Gasteiger charge is 2.20. The lowest BCUT2D eigenvalue weighted by molar-refractivity contribution is 0.156. The summed E-state index contributed by atoms with van der Waals surface area (Å²) in [5.41, 5.74) is 6.90. The van der Waals surface area contributed by atoms with Gasteiger partial charge in [0.25, 0.3) is 6.43 Å². The third-order valence-electron chi connectivity index (χ3n) is 3.09. The van der Waals surface area contributed by atoms with E-state index in [4.69, 9.17) is 5.73 Å². The summed E-state index contributed by atoms with van der Waals surface area (Å²) >= 11 is 1.49. The zero-order chi connectivity index (χ0) is 14.0. The van der Waals surface area contributed by atoms with Crippen LogP contribution in [-0.2, 0) is 6.42 Å². The van der Waals surface area contributed by atoms with E-state index in [1.165, 1.54) is 16.2 Å². The fourth-order valence-electron chi connectivity index (χ4n) is 2.00. The highest BCUT2D eigenvalue weighted by Crippen LogP contribution is 2.25. The lowest BCUT2D eigenvalue weighted by atomic mass is 10.1. The molecule has 0 spiro atoms. The van der Waals surface area contributed by atoms with Gasteiger partial charge in [0.1, 0.15) is 0 Å². The molecule has 0 aliphatic rings. The Morgan fingerprint density at radius 3 is 2.89 bits per heavy atom. The monoisotopic (exact) mass is 288 g/mol. The van der Waals surface area contributed by atoms with Crippen LogP contribution < -0.4 is 10.6 Å². The number of thiazole rings is 1. The van der Waals surface area contributed by atoms with Crippen LogP contribution in [0.25, 0.3) is 4.96 Å². The zero-order valence-corrected chi connectivity index (χ0v) is 11.8. The van der Waals surface area contributed by atoms with Crippen molar-refractivity contribution in [1.29, 1.82) is 0 Å². The van der Waals surface area contributed by atoms with Crippen LogP contribution in [0.2, 0.25) is 0 Å². The van der Waals surface area contributed by atoms with Crippen molar-refractivity contribution in [1.82, 2.24) is 9.38 Å². The zero-order valence-electron chi connectivity index (χ0n) is 11.0. The average molecular weight is 288 g/mol. The number of imidazole rings is 1. The number of nitrogens with zero attached hydrogens (tertiary/aromatic N) is 3. The first-order valence-electron chi connectivity index (χ1n) is 6.22. The summed E-state index contributed by atoms with van der Waals surface area (Å²) in [4.78, 5) is 6.75. The predicted octanol–water partition coefficient (Wildman–Crippen LogP) is 2.38. The second-order valence-electron chi connectivity index (χ2n) is 4.58. The average Bonchev–Trinajstić information content (AvgIpc) is 2.90. The van der Waals surface area contributed by atoms with Gasteiger partial charge in [-0.1, -0.05) is 6.92 Å². The number of alkyl halides is 2. The molecule has 0 aliphatic carbocycles. The summed E-state index contributed by atoms with van der Waals surface area (Å²) in [5.74, 6) is 0.607. The Morgan fingerprint density at radius 1 is 1.53 bits per heavy atom. The highest BCUT2D eigenvalue weighted by molar-refractivity contribution is 7.15. The molecule has 7 heteroatoms. The minimum absolute atomic E-state index is 0.0125. The molecule has 2 N–H and O–H groups in total. The molecule has 0 aliphatic heterocycles. The molecule has 0 amide bonds. The van der Waals surface area contributed by atoms with Crippen LogP contribution in [0.1, 0.15) is 19.0 Å². The van der Waals surface area contributed by atoms with Crippen molar-refractivity contribution in [3.63, 3.8) is 0 Å². The van der Waals surface area contributed by atoms with Gasteiger partial charge in [0.05, 0.1) is 12.2 Å². The molecule has 106 valence electrons. The molecule has 2 aromatic heterocycles. The van der Waals surface area contributed by atoms with Gasteiger partial charge in [0.15, 0.2) is 10.8 Å². The Balaban J connectivity index is 2.35. The number of anilines is 1. The van der Waals surface area contributed by atoms with Gasteiger partial charge in [-0.2, -0.15) is 0 Å². The van der Waals surface area contributed by atoms with Crippen molar-refractivity contribution in [3.8, 4) is 0 Å². The molecule has 2 aromatic rings. The summed E-state index contributed by atoms with van der Waals surface area (Å²) in [6, 6.07) is 0.0125. The largest absolute Gasteiger partial charge is 0.352 e. The molecule has 2 heterocycles. The molecule has 1 atom stereocenters. The summed E-state index contributed by atoms with van der Waals surface area (Å²) in [6.45, 7) is 1.69. The van der Waals surface area contributed by atoms with Gasteiger partial charge in [-0.05, 0) is 6.42 Å². The quantitative estimate of drug-likeness (QED) is 0.887. The van der Waals surface area contributed by atoms with Gasteiger partial charge in [0.2, 0.25) is 0 Å². The lowest BCUT2D eigenvalue weighted by Crippen LogP contribution is -2.28. The van der Waals surface area contributed by atoms with Crippen molar-refractivity contribution in [3.05, 3.63) is 17.3 Å². The van der Waals surface area contributed by atoms with Gasteiger partial charge in [-0.3, -0.25) is 4.40 Å². The van der Waals surface area contributed by atoms with E-state index in [0.717, 1.165) is 17.1 Å². The normalized spacial score (nSPS) is 13.4. The molecule has 19 heavy (non-hydrogen) atoms. The molecule has 0 saturated heterocycles. The van der Waals surface area contributed by atoms with Gasteiger partial charge >= 0.3 is 0 Å². The van der Waals surface area contributed by atoms with Crippen LogP contribution >= 0.6 is 11.3 Å². The number of rotatable bonds is 6. The fraction of sp³-hybridized carbons (Fsp3) is 0.583. The SMILES string of the molecule is CCC(N)Cc1c(N(C)CC(F)F)nc2sccn12. The maximum absolute atomic E-state index is 12.5. The lowest BCUT2D eigenvalue weighted by Gasteiger charge is -2.19. The summed E-state index contributed by atoms with van der Waals surface area (Å²) in [7, 11) is 1.64. The van der Waals surface area contributed by atoms with E-state index >= 15 is 0 Å². The van der Waals surface area contributed by atoms with Crippen molar-refractivity contribution >= 4 is 22.1 Å². The first-order valence-corrected chi connectivity index (χ1v) is 7.10. The standard InChI is InChI=1S/C12H18F2N4S/c1-3-8(15)6-9-11(17(2)7-10(13)14)16-12-18(9)4-5-19-12/h4-5,8,10H,3,6-7,15H2,1-2H3. The van der Waals surface area contributed by atoms with E-state index in [9.17, 15) is 8.78 Å². The number of fused-ring (bicyclic) bond motifs is 1. The van der Waals surface area contributed by atoms with Crippen LogP contribution in [0.4, 0.5) is 14.6 Å². The topological polar surface area (TPSA) is 46.6 Å². The number of hydrogen-bond acceptors (Lipinski definition) is 4. The van der Waals surface area contributed by atoms with Gasteiger partial charge in [-0.15, -0.1) is 11.3 Å². The predicted molar refractivity (Wildman–Crippen MR) is 74.3 cm³/mol. The van der Waals surface area contributed by atoms with Crippen molar-refractivity contribution in [2.75, 3.05) is 18.5 Å². The first-order chi connectivity index (χ1) is 9.02. The molecule has 0 radical (unpaired) electrons. The highest BCUT2D eigenvalue weighted by atomic mass is 32.1. The van der Waals surface area contributed by atoms with Crippen molar-refractivity contribution < 1.29 is 8.78 Å². The van der Waals surface area contributed by atoms with Crippen LogP contribution in [0.3, 0.4) is 0 Å². The molecule has 1 unspecified atom stereocenters. The van der Waals surface area contributed by atoms with E-state index < -0.39 is 6.43 Å². The van der Waals surface area contributed by atoms with E-state index in [0.29, 0.717) is 12.2 Å². The van der Waals surface area contributed by atoms with Crippen LogP contribution in [0, 0.1) is 0 Å². The number of halogens is 2. The maximum Gasteiger partial charge on any atom is 0.255 e. The number of nitrogens with two attached hydrogens (primary N) is 1. The van der Waals surface area contributed by atoms with E-state index in [2.05, 4.69) is 4.98 Å². The Hall–Kier alpha value is -1.21. The number of hydrogen-bond donors (Lipinski definition) is 1. The fourth-order valence-corrected chi connectivity index (χ4v) is 2.73. The maximum atomic E-state index is 12.5. The van der Waals surface area contributed by atoms with Crippen molar-refractivity contribution in [2.24, 2.45) is 5.73 Å².